The van der Waals surface area contributed by atoms with Gasteiger partial charge in [-0.2, -0.15) is 0 Å². The van der Waals surface area contributed by atoms with Gasteiger partial charge in [0.15, 0.2) is 0 Å². The van der Waals surface area contributed by atoms with Gasteiger partial charge in [0.25, 0.3) is 0 Å². The average molecular weight is 370 g/mol. The molecule has 2 aromatic carbocycles. The van der Waals surface area contributed by atoms with Crippen molar-refractivity contribution in [3.63, 3.8) is 0 Å². The molecule has 2 N–H and O–H groups in total. The van der Waals surface area contributed by atoms with Crippen LogP contribution in [0.15, 0.2) is 41.3 Å². The Morgan fingerprint density at radius 2 is 1.77 bits per heavy atom. The van der Waals surface area contributed by atoms with Gasteiger partial charge in [-0.15, -0.1) is 0 Å². The number of nitrogens with zero attached hydrogens (tertiary/aromatic N) is 1. The highest BCUT2D eigenvalue weighted by Crippen LogP contribution is 2.51. The van der Waals surface area contributed by atoms with Crippen LogP contribution >= 0.6 is 46.6 Å². The zero-order chi connectivity index (χ0) is 15.4. The summed E-state index contributed by atoms with van der Waals surface area (Å²) in [4.78, 5) is 3.33. The third-order valence-corrected chi connectivity index (χ3v) is 5.99. The molecule has 1 unspecified atom stereocenters. The number of hydrogen-bond acceptors (Lipinski definition) is 3. The summed E-state index contributed by atoms with van der Waals surface area (Å²) in [6.07, 6.45) is 0.916. The minimum Gasteiger partial charge on any atom is -0.313 e. The van der Waals surface area contributed by atoms with Crippen LogP contribution < -0.4 is 10.6 Å². The van der Waals surface area contributed by atoms with Gasteiger partial charge in [0.1, 0.15) is 5.50 Å². The van der Waals surface area contributed by atoms with Crippen LogP contribution in [-0.2, 0) is 6.42 Å². The zero-order valence-corrected chi connectivity index (χ0v) is 14.4. The van der Waals surface area contributed by atoms with Crippen molar-refractivity contribution in [3.8, 4) is 0 Å². The van der Waals surface area contributed by atoms with Crippen molar-refractivity contribution < 1.29 is 0 Å². The van der Waals surface area contributed by atoms with E-state index >= 15 is 0 Å². The summed E-state index contributed by atoms with van der Waals surface area (Å²) in [5, 5.41) is 1.46. The lowest BCUT2D eigenvalue weighted by molar-refractivity contribution is 0.938. The maximum absolute atomic E-state index is 6.39. The van der Waals surface area contributed by atoms with Crippen molar-refractivity contribution in [2.45, 2.75) is 11.9 Å². The summed E-state index contributed by atoms with van der Waals surface area (Å²) in [5.74, 6) is 0. The molecule has 1 aliphatic heterocycles. The molecule has 0 fully saturated rings. The maximum Gasteiger partial charge on any atom is 0.134 e. The minimum atomic E-state index is -0.215. The topological polar surface area (TPSA) is 29.3 Å². The van der Waals surface area contributed by atoms with Gasteiger partial charge in [-0.3, -0.25) is 0 Å². The van der Waals surface area contributed by atoms with Crippen LogP contribution in [0.2, 0.25) is 15.1 Å². The normalized spacial score (nSPS) is 19.6. The summed E-state index contributed by atoms with van der Waals surface area (Å²) in [5.41, 5.74) is 10.6. The van der Waals surface area contributed by atoms with Crippen LogP contribution in [0, 0.1) is 0 Å². The molecule has 4 rings (SSSR count). The lowest BCUT2D eigenvalue weighted by Crippen LogP contribution is -2.35. The highest BCUT2D eigenvalue weighted by Gasteiger charge is 2.37. The Morgan fingerprint density at radius 1 is 1.05 bits per heavy atom. The Labute approximate surface area is 147 Å². The molecule has 0 saturated heterocycles. The number of benzene rings is 2. The summed E-state index contributed by atoms with van der Waals surface area (Å²) in [6.45, 7) is 0. The van der Waals surface area contributed by atoms with E-state index in [9.17, 15) is 0 Å². The molecule has 6 heteroatoms. The fourth-order valence-corrected chi connectivity index (χ4v) is 4.76. The number of halogens is 3. The predicted octanol–water partition coefficient (Wildman–Crippen LogP) is 5.37. The Bertz CT molecular complexity index is 819. The first-order valence-corrected chi connectivity index (χ1v) is 8.75. The van der Waals surface area contributed by atoms with E-state index in [1.165, 1.54) is 16.0 Å². The highest BCUT2D eigenvalue weighted by atomic mass is 35.5. The Balaban J connectivity index is 1.87. The smallest absolute Gasteiger partial charge is 0.134 e. The fraction of sp³-hybridized carbons (Fsp3) is 0.125. The van der Waals surface area contributed by atoms with Gasteiger partial charge in [0.2, 0.25) is 0 Å². The van der Waals surface area contributed by atoms with E-state index in [1.807, 2.05) is 6.07 Å². The van der Waals surface area contributed by atoms with Gasteiger partial charge in [-0.05, 0) is 17.7 Å². The number of anilines is 1. The quantitative estimate of drug-likeness (QED) is 0.685. The molecule has 112 valence electrons. The molecule has 0 saturated carbocycles. The number of nitrogens with two attached hydrogens (primary N) is 1. The molecule has 1 heterocycles. The zero-order valence-electron chi connectivity index (χ0n) is 11.3. The molecule has 1 atom stereocenters. The van der Waals surface area contributed by atoms with Crippen LogP contribution in [0.1, 0.15) is 11.1 Å². The van der Waals surface area contributed by atoms with Gasteiger partial charge in [-0.1, -0.05) is 70.8 Å². The number of thioether (sulfide) groups is 1. The van der Waals surface area contributed by atoms with E-state index in [0.717, 1.165) is 17.8 Å². The van der Waals surface area contributed by atoms with E-state index in [2.05, 4.69) is 23.1 Å². The van der Waals surface area contributed by atoms with Crippen molar-refractivity contribution in [1.82, 2.24) is 0 Å². The second-order valence-electron chi connectivity index (χ2n) is 5.20. The summed E-state index contributed by atoms with van der Waals surface area (Å²) in [6, 6.07) is 11.8. The molecule has 0 bridgehead atoms. The van der Waals surface area contributed by atoms with Crippen LogP contribution in [0.4, 0.5) is 5.69 Å². The molecular formula is C16H11Cl3N2S. The standard InChI is InChI=1S/C16H11Cl3N2S/c17-10-6-12(19)13(7-11(10)18)21-15-9-4-2-1-3-8(9)5-14(15)22-16(21)20/h1-4,6-7,16H,5,20H2. The minimum absolute atomic E-state index is 0.215. The highest BCUT2D eigenvalue weighted by molar-refractivity contribution is 8.04. The average Bonchev–Trinajstić information content (AvgIpc) is 2.97. The van der Waals surface area contributed by atoms with Gasteiger partial charge >= 0.3 is 0 Å². The number of hydrogen-bond donors (Lipinski definition) is 1. The van der Waals surface area contributed by atoms with E-state index in [0.29, 0.717) is 15.1 Å². The summed E-state index contributed by atoms with van der Waals surface area (Å²) >= 11 is 20.3. The number of fused-ring (bicyclic) bond motifs is 2. The first-order chi connectivity index (χ1) is 10.6. The first-order valence-electron chi connectivity index (χ1n) is 6.73. The molecule has 0 aromatic heterocycles. The predicted molar refractivity (Wildman–Crippen MR) is 96.6 cm³/mol. The molecule has 0 radical (unpaired) electrons. The van der Waals surface area contributed by atoms with Gasteiger partial charge in [0.05, 0.1) is 26.5 Å². The van der Waals surface area contributed by atoms with E-state index in [4.69, 9.17) is 40.5 Å². The molecule has 2 aliphatic rings. The number of rotatable bonds is 1. The molecule has 2 aromatic rings. The third-order valence-electron chi connectivity index (χ3n) is 3.90. The van der Waals surface area contributed by atoms with Gasteiger partial charge < -0.3 is 10.6 Å². The second-order valence-corrected chi connectivity index (χ2v) is 7.63. The maximum atomic E-state index is 6.39. The molecule has 0 spiro atoms. The molecule has 1 aliphatic carbocycles. The van der Waals surface area contributed by atoms with Gasteiger partial charge in [-0.25, -0.2) is 0 Å². The van der Waals surface area contributed by atoms with Crippen molar-refractivity contribution in [2.75, 3.05) is 4.90 Å². The van der Waals surface area contributed by atoms with Crippen LogP contribution in [0.3, 0.4) is 0 Å². The largest absolute Gasteiger partial charge is 0.313 e. The van der Waals surface area contributed by atoms with E-state index in [1.54, 1.807) is 23.9 Å². The van der Waals surface area contributed by atoms with Crippen molar-refractivity contribution in [1.29, 1.82) is 0 Å². The lowest BCUT2D eigenvalue weighted by Gasteiger charge is -2.28. The molecular weight excluding hydrogens is 359 g/mol. The van der Waals surface area contributed by atoms with Crippen molar-refractivity contribution in [2.24, 2.45) is 5.73 Å². The number of allylic oxidation sites excluding steroid dienone is 1. The Hall–Kier alpha value is -0.840. The molecule has 22 heavy (non-hydrogen) atoms. The Kier molecular flexibility index (Phi) is 3.59. The third kappa shape index (κ3) is 2.15. The van der Waals surface area contributed by atoms with Crippen LogP contribution in [0.25, 0.3) is 5.70 Å². The summed E-state index contributed by atoms with van der Waals surface area (Å²) < 4.78 is 0. The van der Waals surface area contributed by atoms with Crippen LogP contribution in [-0.4, -0.2) is 5.50 Å². The first kappa shape index (κ1) is 14.7. The van der Waals surface area contributed by atoms with Crippen LogP contribution in [0.5, 0.6) is 0 Å². The van der Waals surface area contributed by atoms with Crippen molar-refractivity contribution >= 4 is 57.9 Å². The van der Waals surface area contributed by atoms with Gasteiger partial charge in [0, 0.05) is 16.9 Å². The molecule has 0 amide bonds. The van der Waals surface area contributed by atoms with E-state index in [-0.39, 0.29) is 5.50 Å². The fourth-order valence-electron chi connectivity index (χ4n) is 2.95. The lowest BCUT2D eigenvalue weighted by atomic mass is 10.1. The second kappa shape index (κ2) is 5.36. The molecule has 2 nitrogen and oxygen atoms in total. The Morgan fingerprint density at radius 3 is 2.59 bits per heavy atom. The monoisotopic (exact) mass is 368 g/mol. The van der Waals surface area contributed by atoms with E-state index < -0.39 is 0 Å². The summed E-state index contributed by atoms with van der Waals surface area (Å²) in [7, 11) is 0. The van der Waals surface area contributed by atoms with Crippen molar-refractivity contribution in [3.05, 3.63) is 67.5 Å². The SMILES string of the molecule is NC1SC2=C(c3ccccc3C2)N1c1cc(Cl)c(Cl)cc1Cl.